The van der Waals surface area contributed by atoms with Gasteiger partial charge in [0, 0.05) is 25.5 Å². The Balaban J connectivity index is 1.86. The summed E-state index contributed by atoms with van der Waals surface area (Å²) in [5, 5.41) is 7.04. The molecule has 0 atom stereocenters. The van der Waals surface area contributed by atoms with Crippen molar-refractivity contribution in [2.24, 2.45) is 0 Å². The Hall–Kier alpha value is -3.66. The molecule has 1 N–H and O–H groups in total. The summed E-state index contributed by atoms with van der Waals surface area (Å²) in [6.45, 7) is 5.58. The summed E-state index contributed by atoms with van der Waals surface area (Å²) in [6, 6.07) is 10.2. The second-order valence-corrected chi connectivity index (χ2v) is 10.2. The molecule has 0 saturated carbocycles. The molecule has 0 aliphatic carbocycles. The Morgan fingerprint density at radius 2 is 1.76 bits per heavy atom. The molecular weight excluding hydrogens is 456 g/mol. The van der Waals surface area contributed by atoms with Crippen molar-refractivity contribution in [3.05, 3.63) is 53.2 Å². The lowest BCUT2D eigenvalue weighted by molar-refractivity contribution is -0.116. The number of nitrogens with one attached hydrogen (secondary N) is 1. The van der Waals surface area contributed by atoms with Gasteiger partial charge in [0.05, 0.1) is 18.5 Å². The van der Waals surface area contributed by atoms with Gasteiger partial charge in [0.2, 0.25) is 11.8 Å². The number of amides is 1. The smallest absolute Gasteiger partial charge is 0.267 e. The van der Waals surface area contributed by atoms with Gasteiger partial charge in [0.15, 0.2) is 0 Å². The van der Waals surface area contributed by atoms with Gasteiger partial charge in [-0.3, -0.25) is 13.9 Å². The highest BCUT2D eigenvalue weighted by atomic mass is 32.2. The fourth-order valence-corrected chi connectivity index (χ4v) is 5.30. The SMILES string of the molecule is COc1ccc(-c2c(C)nn3c2NC(=O)CCC3=O)cc1S(=O)(=O)N(C)c1ccc(C)c(C)c1. The van der Waals surface area contributed by atoms with E-state index in [-0.39, 0.29) is 41.1 Å². The van der Waals surface area contributed by atoms with Crippen LogP contribution in [0.2, 0.25) is 0 Å². The van der Waals surface area contributed by atoms with Gasteiger partial charge in [-0.25, -0.2) is 8.42 Å². The van der Waals surface area contributed by atoms with Crippen molar-refractivity contribution < 1.29 is 22.7 Å². The third-order valence-electron chi connectivity index (χ3n) is 6.07. The van der Waals surface area contributed by atoms with Crippen LogP contribution in [0, 0.1) is 20.8 Å². The molecule has 1 aliphatic rings. The standard InChI is InChI=1S/C24H26N4O5S/c1-14-6-8-18(12-15(14)2)27(4)34(31,32)20-13-17(7-9-19(20)33-5)23-16(3)26-28-22(30)11-10-21(29)25-24(23)28/h6-9,12-13H,10-11H2,1-5H3,(H,25,29). The predicted octanol–water partition coefficient (Wildman–Crippen LogP) is 3.68. The number of hydrogen-bond acceptors (Lipinski definition) is 6. The van der Waals surface area contributed by atoms with Gasteiger partial charge in [0.25, 0.3) is 10.0 Å². The zero-order chi connectivity index (χ0) is 24.8. The molecule has 3 aromatic rings. The van der Waals surface area contributed by atoms with Crippen LogP contribution in [-0.2, 0) is 14.8 Å². The highest BCUT2D eigenvalue weighted by Gasteiger charge is 2.30. The molecule has 1 amide bonds. The van der Waals surface area contributed by atoms with E-state index in [4.69, 9.17) is 4.74 Å². The number of nitrogens with zero attached hydrogens (tertiary/aromatic N) is 3. The molecule has 0 radical (unpaired) electrons. The van der Waals surface area contributed by atoms with E-state index in [1.165, 1.54) is 29.2 Å². The zero-order valence-electron chi connectivity index (χ0n) is 19.7. The van der Waals surface area contributed by atoms with Crippen LogP contribution in [0.5, 0.6) is 5.75 Å². The molecule has 10 heteroatoms. The summed E-state index contributed by atoms with van der Waals surface area (Å²) < 4.78 is 35.1. The van der Waals surface area contributed by atoms with E-state index in [1.807, 2.05) is 26.0 Å². The number of rotatable bonds is 5. The molecule has 2 heterocycles. The van der Waals surface area contributed by atoms with Gasteiger partial charge >= 0.3 is 0 Å². The molecule has 4 rings (SSSR count). The lowest BCUT2D eigenvalue weighted by Gasteiger charge is -2.22. The summed E-state index contributed by atoms with van der Waals surface area (Å²) >= 11 is 0. The third-order valence-corrected chi connectivity index (χ3v) is 7.87. The van der Waals surface area contributed by atoms with E-state index in [1.54, 1.807) is 25.1 Å². The highest BCUT2D eigenvalue weighted by molar-refractivity contribution is 7.93. The molecule has 0 unspecified atom stereocenters. The fourth-order valence-electron chi connectivity index (χ4n) is 3.93. The second kappa shape index (κ2) is 8.60. The largest absolute Gasteiger partial charge is 0.495 e. The first-order chi connectivity index (χ1) is 16.0. The van der Waals surface area contributed by atoms with Crippen molar-refractivity contribution in [2.75, 3.05) is 23.8 Å². The minimum Gasteiger partial charge on any atom is -0.495 e. The quantitative estimate of drug-likeness (QED) is 0.594. The first-order valence-electron chi connectivity index (χ1n) is 10.7. The predicted molar refractivity (Wildman–Crippen MR) is 129 cm³/mol. The van der Waals surface area contributed by atoms with Crippen molar-refractivity contribution in [1.29, 1.82) is 0 Å². The number of aromatic nitrogens is 2. The minimum absolute atomic E-state index is 0.0427. The molecule has 0 fully saturated rings. The van der Waals surface area contributed by atoms with Crippen LogP contribution in [-0.4, -0.2) is 44.2 Å². The second-order valence-electron chi connectivity index (χ2n) is 8.27. The molecule has 0 saturated heterocycles. The van der Waals surface area contributed by atoms with Crippen LogP contribution in [0.3, 0.4) is 0 Å². The van der Waals surface area contributed by atoms with Crippen LogP contribution in [0.15, 0.2) is 41.3 Å². The van der Waals surface area contributed by atoms with E-state index in [0.29, 0.717) is 22.5 Å². The normalized spacial score (nSPS) is 13.8. The zero-order valence-corrected chi connectivity index (χ0v) is 20.5. The van der Waals surface area contributed by atoms with Gasteiger partial charge < -0.3 is 10.1 Å². The lowest BCUT2D eigenvalue weighted by Crippen LogP contribution is -2.27. The van der Waals surface area contributed by atoms with Crippen LogP contribution in [0.25, 0.3) is 11.1 Å². The summed E-state index contributed by atoms with van der Waals surface area (Å²) in [5.41, 5.74) is 4.01. The van der Waals surface area contributed by atoms with Crippen molar-refractivity contribution in [3.8, 4) is 16.9 Å². The van der Waals surface area contributed by atoms with E-state index in [0.717, 1.165) is 11.1 Å². The summed E-state index contributed by atoms with van der Waals surface area (Å²) in [6.07, 6.45) is 0.103. The monoisotopic (exact) mass is 482 g/mol. The van der Waals surface area contributed by atoms with Crippen molar-refractivity contribution in [2.45, 2.75) is 38.5 Å². The maximum Gasteiger partial charge on any atom is 0.267 e. The van der Waals surface area contributed by atoms with Crippen LogP contribution < -0.4 is 14.4 Å². The van der Waals surface area contributed by atoms with Gasteiger partial charge in [-0.1, -0.05) is 12.1 Å². The van der Waals surface area contributed by atoms with E-state index in [9.17, 15) is 18.0 Å². The molecule has 0 spiro atoms. The molecule has 1 aromatic heterocycles. The summed E-state index contributed by atoms with van der Waals surface area (Å²) in [7, 11) is -1.12. The molecule has 2 aromatic carbocycles. The van der Waals surface area contributed by atoms with Crippen LogP contribution in [0.4, 0.5) is 11.5 Å². The molecule has 1 aliphatic heterocycles. The molecule has 9 nitrogen and oxygen atoms in total. The van der Waals surface area contributed by atoms with E-state index in [2.05, 4.69) is 10.4 Å². The topological polar surface area (TPSA) is 111 Å². The van der Waals surface area contributed by atoms with E-state index >= 15 is 0 Å². The first-order valence-corrected chi connectivity index (χ1v) is 12.2. The minimum atomic E-state index is -4.01. The summed E-state index contributed by atoms with van der Waals surface area (Å²) in [4.78, 5) is 24.6. The Kier molecular flexibility index (Phi) is 5.94. The molecular formula is C24H26N4O5S. The number of carbonyl (C=O) groups excluding carboxylic acids is 2. The Morgan fingerprint density at radius 3 is 2.44 bits per heavy atom. The van der Waals surface area contributed by atoms with Crippen molar-refractivity contribution in [3.63, 3.8) is 0 Å². The number of sulfonamides is 1. The highest BCUT2D eigenvalue weighted by Crippen LogP contribution is 2.38. The number of carbonyl (C=O) groups is 2. The Bertz CT molecular complexity index is 1430. The van der Waals surface area contributed by atoms with Crippen molar-refractivity contribution >= 4 is 33.3 Å². The number of fused-ring (bicyclic) bond motifs is 1. The van der Waals surface area contributed by atoms with Crippen LogP contribution in [0.1, 0.15) is 34.5 Å². The third kappa shape index (κ3) is 3.94. The number of aryl methyl sites for hydroxylation is 3. The van der Waals surface area contributed by atoms with Crippen LogP contribution >= 0.6 is 0 Å². The number of anilines is 2. The number of hydrogen-bond donors (Lipinski definition) is 1. The average Bonchev–Trinajstić information content (AvgIpc) is 3.06. The Morgan fingerprint density at radius 1 is 1.03 bits per heavy atom. The average molecular weight is 483 g/mol. The van der Waals surface area contributed by atoms with E-state index < -0.39 is 10.0 Å². The van der Waals surface area contributed by atoms with Gasteiger partial charge in [-0.15, -0.1) is 0 Å². The molecule has 0 bridgehead atoms. The van der Waals surface area contributed by atoms with Crippen molar-refractivity contribution in [1.82, 2.24) is 9.78 Å². The Labute approximate surface area is 198 Å². The lowest BCUT2D eigenvalue weighted by atomic mass is 10.1. The maximum atomic E-state index is 13.7. The summed E-state index contributed by atoms with van der Waals surface area (Å²) in [5.74, 6) is -0.195. The molecule has 178 valence electrons. The van der Waals surface area contributed by atoms with Gasteiger partial charge in [0.1, 0.15) is 16.5 Å². The van der Waals surface area contributed by atoms with Gasteiger partial charge in [-0.2, -0.15) is 9.78 Å². The number of benzene rings is 2. The van der Waals surface area contributed by atoms with Gasteiger partial charge in [-0.05, 0) is 61.7 Å². The first kappa shape index (κ1) is 23.5. The number of ether oxygens (including phenoxy) is 1. The molecule has 34 heavy (non-hydrogen) atoms. The fraction of sp³-hybridized carbons (Fsp3) is 0.292. The number of methoxy groups -OCH3 is 1. The maximum absolute atomic E-state index is 13.7.